The molecule has 0 aliphatic heterocycles. The van der Waals surface area contributed by atoms with Crippen LogP contribution in [0.4, 0.5) is 5.69 Å². The molecule has 134 valence electrons. The first-order valence-electron chi connectivity index (χ1n) is 8.01. The van der Waals surface area contributed by atoms with Crippen molar-refractivity contribution in [2.45, 2.75) is 6.92 Å². The predicted octanol–water partition coefficient (Wildman–Crippen LogP) is 1.66. The Hall–Kier alpha value is -3.07. The summed E-state index contributed by atoms with van der Waals surface area (Å²) < 4.78 is 27.1. The van der Waals surface area contributed by atoms with E-state index in [2.05, 4.69) is 10.1 Å². The molecular formula is C17H17N5O3S. The zero-order valence-electron chi connectivity index (χ0n) is 14.2. The largest absolute Gasteiger partial charge is 0.398 e. The molecule has 0 aliphatic carbocycles. The summed E-state index contributed by atoms with van der Waals surface area (Å²) >= 11 is 0. The molecule has 4 aromatic rings. The van der Waals surface area contributed by atoms with E-state index in [9.17, 15) is 13.2 Å². The van der Waals surface area contributed by atoms with Crippen LogP contribution in [0.1, 0.15) is 6.92 Å². The van der Waals surface area contributed by atoms with Crippen molar-refractivity contribution in [1.29, 1.82) is 0 Å². The highest BCUT2D eigenvalue weighted by Gasteiger charge is 2.18. The molecule has 3 heterocycles. The number of aryl methyl sites for hydroxylation is 1. The SMILES string of the molecule is CCS(=O)(=O)n1ncc2cc(N)c(-c3cn(C)c(=O)c4[nH]ccc34)cc21. The van der Waals surface area contributed by atoms with Gasteiger partial charge in [0, 0.05) is 47.0 Å². The monoisotopic (exact) mass is 371 g/mol. The van der Waals surface area contributed by atoms with Gasteiger partial charge in [0.05, 0.1) is 17.5 Å². The summed E-state index contributed by atoms with van der Waals surface area (Å²) in [6.07, 6.45) is 4.87. The summed E-state index contributed by atoms with van der Waals surface area (Å²) in [7, 11) is -1.88. The normalized spacial score (nSPS) is 12.2. The van der Waals surface area contributed by atoms with Crippen molar-refractivity contribution < 1.29 is 8.42 Å². The molecule has 0 fully saturated rings. The van der Waals surface area contributed by atoms with E-state index in [-0.39, 0.29) is 11.3 Å². The van der Waals surface area contributed by atoms with Crippen molar-refractivity contribution in [2.75, 3.05) is 11.5 Å². The first-order valence-corrected chi connectivity index (χ1v) is 9.62. The highest BCUT2D eigenvalue weighted by molar-refractivity contribution is 7.89. The quantitative estimate of drug-likeness (QED) is 0.531. The number of fused-ring (bicyclic) bond motifs is 2. The van der Waals surface area contributed by atoms with Crippen LogP contribution >= 0.6 is 0 Å². The summed E-state index contributed by atoms with van der Waals surface area (Å²) in [5.41, 5.74) is 8.87. The van der Waals surface area contributed by atoms with Crippen LogP contribution in [0.3, 0.4) is 0 Å². The number of rotatable bonds is 3. The number of aromatic amines is 1. The highest BCUT2D eigenvalue weighted by atomic mass is 32.2. The zero-order chi connectivity index (χ0) is 18.6. The summed E-state index contributed by atoms with van der Waals surface area (Å²) in [6, 6.07) is 5.20. The van der Waals surface area contributed by atoms with E-state index in [1.165, 1.54) is 10.8 Å². The van der Waals surface area contributed by atoms with E-state index in [1.54, 1.807) is 44.6 Å². The fraction of sp³-hybridized carbons (Fsp3) is 0.176. The first-order chi connectivity index (χ1) is 12.3. The van der Waals surface area contributed by atoms with E-state index in [4.69, 9.17) is 5.73 Å². The number of anilines is 1. The van der Waals surface area contributed by atoms with Crippen molar-refractivity contribution in [3.8, 4) is 11.1 Å². The minimum absolute atomic E-state index is 0.0641. The lowest BCUT2D eigenvalue weighted by Gasteiger charge is -2.11. The lowest BCUT2D eigenvalue weighted by atomic mass is 10.0. The second-order valence-electron chi connectivity index (χ2n) is 6.11. The second-order valence-corrected chi connectivity index (χ2v) is 8.20. The summed E-state index contributed by atoms with van der Waals surface area (Å²) in [6.45, 7) is 1.57. The van der Waals surface area contributed by atoms with E-state index in [0.717, 1.165) is 15.0 Å². The number of H-pyrrole nitrogens is 1. The van der Waals surface area contributed by atoms with Gasteiger partial charge in [0.15, 0.2) is 0 Å². The fourth-order valence-electron chi connectivity index (χ4n) is 3.13. The third kappa shape index (κ3) is 2.24. The molecule has 3 N–H and O–H groups in total. The van der Waals surface area contributed by atoms with Crippen LogP contribution in [0, 0.1) is 0 Å². The van der Waals surface area contributed by atoms with Crippen LogP contribution in [-0.2, 0) is 17.1 Å². The van der Waals surface area contributed by atoms with E-state index >= 15 is 0 Å². The fourth-order valence-corrected chi connectivity index (χ4v) is 4.02. The van der Waals surface area contributed by atoms with Crippen molar-refractivity contribution in [2.24, 2.45) is 7.05 Å². The van der Waals surface area contributed by atoms with Crippen LogP contribution in [-0.4, -0.2) is 32.9 Å². The maximum Gasteiger partial charge on any atom is 0.274 e. The van der Waals surface area contributed by atoms with Gasteiger partial charge in [-0.1, -0.05) is 0 Å². The Morgan fingerprint density at radius 1 is 1.27 bits per heavy atom. The number of nitrogens with two attached hydrogens (primary N) is 1. The highest BCUT2D eigenvalue weighted by Crippen LogP contribution is 2.34. The number of aromatic nitrogens is 4. The topological polar surface area (TPSA) is 116 Å². The van der Waals surface area contributed by atoms with Crippen molar-refractivity contribution in [1.82, 2.24) is 18.7 Å². The van der Waals surface area contributed by atoms with E-state index < -0.39 is 10.0 Å². The van der Waals surface area contributed by atoms with Gasteiger partial charge in [-0.05, 0) is 25.1 Å². The average molecular weight is 371 g/mol. The Bertz CT molecular complexity index is 1330. The van der Waals surface area contributed by atoms with Crippen LogP contribution in [0.5, 0.6) is 0 Å². The smallest absolute Gasteiger partial charge is 0.274 e. The molecule has 0 atom stereocenters. The van der Waals surface area contributed by atoms with Crippen LogP contribution < -0.4 is 11.3 Å². The molecule has 0 saturated heterocycles. The molecule has 0 spiro atoms. The number of hydrogen-bond donors (Lipinski definition) is 2. The molecule has 0 amide bonds. The second kappa shape index (κ2) is 5.46. The molecule has 0 radical (unpaired) electrons. The van der Waals surface area contributed by atoms with E-state index in [1.807, 2.05) is 0 Å². The maximum absolute atomic E-state index is 12.3. The molecule has 9 heteroatoms. The third-order valence-corrected chi connectivity index (χ3v) is 6.07. The number of nitrogens with zero attached hydrogens (tertiary/aromatic N) is 3. The van der Waals surface area contributed by atoms with Crippen LogP contribution in [0.25, 0.3) is 32.9 Å². The third-order valence-electron chi connectivity index (χ3n) is 4.52. The minimum atomic E-state index is -3.54. The Morgan fingerprint density at radius 3 is 2.77 bits per heavy atom. The molecule has 0 bridgehead atoms. The Balaban J connectivity index is 2.09. The molecule has 0 saturated carbocycles. The van der Waals surface area contributed by atoms with Gasteiger partial charge in [-0.2, -0.15) is 9.19 Å². The van der Waals surface area contributed by atoms with Crippen molar-refractivity contribution in [3.63, 3.8) is 0 Å². The molecule has 1 aromatic carbocycles. The molecular weight excluding hydrogens is 354 g/mol. The van der Waals surface area contributed by atoms with Crippen LogP contribution in [0.2, 0.25) is 0 Å². The summed E-state index contributed by atoms with van der Waals surface area (Å²) in [5, 5.41) is 5.37. The minimum Gasteiger partial charge on any atom is -0.398 e. The molecule has 26 heavy (non-hydrogen) atoms. The maximum atomic E-state index is 12.3. The van der Waals surface area contributed by atoms with Gasteiger partial charge >= 0.3 is 0 Å². The first kappa shape index (κ1) is 16.4. The molecule has 8 nitrogen and oxygen atoms in total. The number of nitrogen functional groups attached to an aromatic ring is 1. The van der Waals surface area contributed by atoms with Crippen molar-refractivity contribution >= 4 is 37.5 Å². The Kier molecular flexibility index (Phi) is 3.45. The standard InChI is InChI=1S/C17H17N5O3S/c1-3-26(24,25)22-15-7-12(14(18)6-10(15)8-20-22)13-9-21(2)17(23)16-11(13)4-5-19-16/h4-9,19H,3,18H2,1-2H3. The predicted molar refractivity (Wildman–Crippen MR) is 102 cm³/mol. The van der Waals surface area contributed by atoms with Crippen LogP contribution in [0.15, 0.2) is 41.6 Å². The van der Waals surface area contributed by atoms with Gasteiger partial charge in [-0.15, -0.1) is 0 Å². The number of pyridine rings is 1. The lowest BCUT2D eigenvalue weighted by Crippen LogP contribution is -2.17. The average Bonchev–Trinajstić information content (AvgIpc) is 3.24. The lowest BCUT2D eigenvalue weighted by molar-refractivity contribution is 0.583. The zero-order valence-corrected chi connectivity index (χ0v) is 15.0. The van der Waals surface area contributed by atoms with Gasteiger partial charge in [0.1, 0.15) is 5.52 Å². The number of hydrogen-bond acceptors (Lipinski definition) is 5. The molecule has 0 unspecified atom stereocenters. The summed E-state index contributed by atoms with van der Waals surface area (Å²) in [5.74, 6) is -0.0641. The summed E-state index contributed by atoms with van der Waals surface area (Å²) in [4.78, 5) is 15.2. The van der Waals surface area contributed by atoms with Gasteiger partial charge in [-0.25, -0.2) is 8.42 Å². The van der Waals surface area contributed by atoms with E-state index in [0.29, 0.717) is 27.7 Å². The van der Waals surface area contributed by atoms with Gasteiger partial charge in [0.2, 0.25) is 0 Å². The van der Waals surface area contributed by atoms with Crippen molar-refractivity contribution in [3.05, 3.63) is 47.1 Å². The molecule has 3 aromatic heterocycles. The Labute approximate surface area is 148 Å². The van der Waals surface area contributed by atoms with Gasteiger partial charge in [0.25, 0.3) is 15.6 Å². The molecule has 4 rings (SSSR count). The van der Waals surface area contributed by atoms with Gasteiger partial charge in [-0.3, -0.25) is 4.79 Å². The number of benzene rings is 1. The number of nitrogens with one attached hydrogen (secondary N) is 1. The molecule has 0 aliphatic rings. The van der Waals surface area contributed by atoms with Gasteiger partial charge < -0.3 is 15.3 Å². The Morgan fingerprint density at radius 2 is 2.04 bits per heavy atom.